The molecule has 0 aliphatic rings. The molecule has 3 aromatic rings. The molecule has 1 aromatic heterocycles. The zero-order chi connectivity index (χ0) is 20.4. The number of benzene rings is 2. The van der Waals surface area contributed by atoms with Gasteiger partial charge in [0.05, 0.1) is 22.3 Å². The van der Waals surface area contributed by atoms with Crippen molar-refractivity contribution in [2.75, 3.05) is 18.9 Å². The molecular formula is C20H17Cl3N2O3. The Morgan fingerprint density at radius 1 is 1.11 bits per heavy atom. The number of carbonyl (C=O) groups is 1. The summed E-state index contributed by atoms with van der Waals surface area (Å²) < 4.78 is 5.26. The van der Waals surface area contributed by atoms with E-state index in [9.17, 15) is 9.59 Å². The summed E-state index contributed by atoms with van der Waals surface area (Å²) in [5.74, 6) is -0.279. The maximum Gasteiger partial charge on any atom is 0.336 e. The summed E-state index contributed by atoms with van der Waals surface area (Å²) in [6.07, 6.45) is 0. The first kappa shape index (κ1) is 20.7. The van der Waals surface area contributed by atoms with Gasteiger partial charge in [0.15, 0.2) is 0 Å². The molecule has 1 N–H and O–H groups in total. The van der Waals surface area contributed by atoms with Crippen LogP contribution in [-0.2, 0) is 11.3 Å². The largest absolute Gasteiger partial charge is 0.423 e. The number of fused-ring (bicyclic) bond motifs is 1. The molecule has 0 radical (unpaired) electrons. The van der Waals surface area contributed by atoms with E-state index in [0.717, 1.165) is 16.5 Å². The van der Waals surface area contributed by atoms with Crippen LogP contribution in [-0.4, -0.2) is 24.4 Å². The van der Waals surface area contributed by atoms with Crippen LogP contribution in [0, 0.1) is 6.92 Å². The van der Waals surface area contributed by atoms with Crippen molar-refractivity contribution in [3.63, 3.8) is 0 Å². The molecule has 2 aromatic carbocycles. The second kappa shape index (κ2) is 8.53. The summed E-state index contributed by atoms with van der Waals surface area (Å²) in [4.78, 5) is 26.0. The van der Waals surface area contributed by atoms with E-state index >= 15 is 0 Å². The van der Waals surface area contributed by atoms with Crippen LogP contribution >= 0.6 is 34.8 Å². The molecule has 1 amide bonds. The lowest BCUT2D eigenvalue weighted by Gasteiger charge is -2.18. The van der Waals surface area contributed by atoms with Crippen molar-refractivity contribution in [2.24, 2.45) is 0 Å². The Balaban J connectivity index is 1.78. The first-order valence-corrected chi connectivity index (χ1v) is 9.53. The molecule has 5 nitrogen and oxygen atoms in total. The third kappa shape index (κ3) is 4.67. The molecule has 0 saturated carbocycles. The minimum Gasteiger partial charge on any atom is -0.423 e. The van der Waals surface area contributed by atoms with Crippen molar-refractivity contribution in [3.8, 4) is 0 Å². The van der Waals surface area contributed by atoms with Crippen LogP contribution in [0.4, 0.5) is 5.69 Å². The van der Waals surface area contributed by atoms with Gasteiger partial charge in [-0.25, -0.2) is 4.79 Å². The average Bonchev–Trinajstić information content (AvgIpc) is 2.60. The van der Waals surface area contributed by atoms with Gasteiger partial charge in [-0.05, 0) is 49.4 Å². The summed E-state index contributed by atoms with van der Waals surface area (Å²) in [5, 5.41) is 4.75. The lowest BCUT2D eigenvalue weighted by molar-refractivity contribution is -0.117. The number of nitrogens with zero attached hydrogens (tertiary/aromatic N) is 1. The number of rotatable bonds is 5. The van der Waals surface area contributed by atoms with Gasteiger partial charge in [0.2, 0.25) is 5.91 Å². The maximum atomic E-state index is 12.4. The van der Waals surface area contributed by atoms with E-state index < -0.39 is 5.63 Å². The van der Waals surface area contributed by atoms with E-state index in [1.165, 1.54) is 6.07 Å². The maximum absolute atomic E-state index is 12.4. The third-order valence-corrected chi connectivity index (χ3v) is 5.23. The van der Waals surface area contributed by atoms with E-state index in [-0.39, 0.29) is 12.5 Å². The summed E-state index contributed by atoms with van der Waals surface area (Å²) in [5.41, 5.74) is 1.92. The number of para-hydroxylation sites is 1. The number of halogens is 3. The topological polar surface area (TPSA) is 62.6 Å². The van der Waals surface area contributed by atoms with Gasteiger partial charge in [0.25, 0.3) is 0 Å². The molecule has 0 fully saturated rings. The number of hydrogen-bond acceptors (Lipinski definition) is 4. The Kier molecular flexibility index (Phi) is 6.30. The molecular weight excluding hydrogens is 423 g/mol. The lowest BCUT2D eigenvalue weighted by Crippen LogP contribution is -2.30. The molecule has 3 rings (SSSR count). The van der Waals surface area contributed by atoms with Crippen molar-refractivity contribution in [3.05, 3.63) is 73.0 Å². The fourth-order valence-corrected chi connectivity index (χ4v) is 3.52. The average molecular weight is 440 g/mol. The van der Waals surface area contributed by atoms with Gasteiger partial charge in [-0.2, -0.15) is 0 Å². The highest BCUT2D eigenvalue weighted by molar-refractivity contribution is 6.39. The summed E-state index contributed by atoms with van der Waals surface area (Å²) in [6.45, 7) is 2.26. The number of carbonyl (C=O) groups excluding carboxylic acids is 1. The van der Waals surface area contributed by atoms with Gasteiger partial charge in [-0.3, -0.25) is 9.69 Å². The summed E-state index contributed by atoms with van der Waals surface area (Å²) in [7, 11) is 1.77. The number of anilines is 1. The molecule has 0 aliphatic carbocycles. The van der Waals surface area contributed by atoms with Gasteiger partial charge >= 0.3 is 5.63 Å². The highest BCUT2D eigenvalue weighted by Gasteiger charge is 2.14. The Hall–Kier alpha value is -2.05. The molecule has 0 saturated heterocycles. The van der Waals surface area contributed by atoms with Gasteiger partial charge in [-0.1, -0.05) is 40.9 Å². The Morgan fingerprint density at radius 3 is 2.46 bits per heavy atom. The monoisotopic (exact) mass is 438 g/mol. The molecule has 1 heterocycles. The Bertz CT molecular complexity index is 1090. The van der Waals surface area contributed by atoms with Crippen molar-refractivity contribution in [1.82, 2.24) is 4.90 Å². The Labute approximate surface area is 176 Å². The van der Waals surface area contributed by atoms with Crippen molar-refractivity contribution in [1.29, 1.82) is 0 Å². The number of amides is 1. The van der Waals surface area contributed by atoms with Gasteiger partial charge in [0.1, 0.15) is 5.58 Å². The first-order valence-electron chi connectivity index (χ1n) is 8.40. The molecule has 8 heteroatoms. The standard InChI is InChI=1S/C20H17Cl3N2O3/c1-11-6-17-13(8-16(11)23)12(7-19(27)28-17)9-25(2)10-18(26)24-20-14(21)4-3-5-15(20)22/h3-8H,9-10H2,1-2H3,(H,24,26). The minimum absolute atomic E-state index is 0.0723. The molecule has 0 bridgehead atoms. The first-order chi connectivity index (χ1) is 13.2. The van der Waals surface area contributed by atoms with Gasteiger partial charge in [-0.15, -0.1) is 0 Å². The van der Waals surface area contributed by atoms with Crippen LogP contribution in [0.3, 0.4) is 0 Å². The smallest absolute Gasteiger partial charge is 0.336 e. The highest BCUT2D eigenvalue weighted by atomic mass is 35.5. The van der Waals surface area contributed by atoms with E-state index in [2.05, 4.69) is 5.32 Å². The van der Waals surface area contributed by atoms with Crippen molar-refractivity contribution < 1.29 is 9.21 Å². The predicted octanol–water partition coefficient (Wildman–Crippen LogP) is 5.13. The fourth-order valence-electron chi connectivity index (χ4n) is 2.87. The van der Waals surface area contributed by atoms with Gasteiger partial charge in [0, 0.05) is 23.0 Å². The normalized spacial score (nSPS) is 11.2. The van der Waals surface area contributed by atoms with Crippen LogP contribution < -0.4 is 10.9 Å². The number of nitrogens with one attached hydrogen (secondary N) is 1. The second-order valence-corrected chi connectivity index (χ2v) is 7.73. The zero-order valence-electron chi connectivity index (χ0n) is 15.2. The molecule has 0 atom stereocenters. The molecule has 0 unspecified atom stereocenters. The summed E-state index contributed by atoms with van der Waals surface area (Å²) >= 11 is 18.4. The van der Waals surface area contributed by atoms with Crippen LogP contribution in [0.2, 0.25) is 15.1 Å². The lowest BCUT2D eigenvalue weighted by atomic mass is 10.1. The fraction of sp³-hybridized carbons (Fsp3) is 0.200. The Morgan fingerprint density at radius 2 is 1.79 bits per heavy atom. The van der Waals surface area contributed by atoms with Crippen molar-refractivity contribution >= 4 is 57.4 Å². The molecule has 146 valence electrons. The molecule has 0 aliphatic heterocycles. The SMILES string of the molecule is Cc1cc2oc(=O)cc(CN(C)CC(=O)Nc3c(Cl)cccc3Cl)c2cc1Cl. The second-order valence-electron chi connectivity index (χ2n) is 6.51. The quantitative estimate of drug-likeness (QED) is 0.560. The molecule has 28 heavy (non-hydrogen) atoms. The predicted molar refractivity (Wildman–Crippen MR) is 114 cm³/mol. The zero-order valence-corrected chi connectivity index (χ0v) is 17.5. The molecule has 0 spiro atoms. The van der Waals surface area contributed by atoms with E-state index in [1.807, 2.05) is 6.92 Å². The van der Waals surface area contributed by atoms with E-state index in [0.29, 0.717) is 32.9 Å². The third-order valence-electron chi connectivity index (χ3n) is 4.19. The number of hydrogen-bond donors (Lipinski definition) is 1. The van der Waals surface area contributed by atoms with Crippen LogP contribution in [0.15, 0.2) is 45.6 Å². The van der Waals surface area contributed by atoms with Gasteiger partial charge < -0.3 is 9.73 Å². The van der Waals surface area contributed by atoms with Crippen LogP contribution in [0.5, 0.6) is 0 Å². The van der Waals surface area contributed by atoms with E-state index in [4.69, 9.17) is 39.2 Å². The minimum atomic E-state index is -0.454. The van der Waals surface area contributed by atoms with Crippen LogP contribution in [0.25, 0.3) is 11.0 Å². The summed E-state index contributed by atoms with van der Waals surface area (Å²) in [6, 6.07) is 9.90. The number of likely N-dealkylation sites (N-methyl/N-ethyl adjacent to an activating group) is 1. The highest BCUT2D eigenvalue weighted by Crippen LogP contribution is 2.30. The van der Waals surface area contributed by atoms with Crippen LogP contribution in [0.1, 0.15) is 11.1 Å². The number of aryl methyl sites for hydroxylation is 1. The van der Waals surface area contributed by atoms with Crippen molar-refractivity contribution in [2.45, 2.75) is 13.5 Å². The van der Waals surface area contributed by atoms with E-state index in [1.54, 1.807) is 42.3 Å².